The van der Waals surface area contributed by atoms with E-state index in [0.717, 1.165) is 33.0 Å². The van der Waals surface area contributed by atoms with E-state index in [2.05, 4.69) is 15.5 Å². The summed E-state index contributed by atoms with van der Waals surface area (Å²) >= 11 is 1.59. The Kier molecular flexibility index (Phi) is 9.66. The molecule has 9 heteroatoms. The summed E-state index contributed by atoms with van der Waals surface area (Å²) in [6, 6.07) is 28.4. The number of carbonyl (C=O) groups excluding carboxylic acids is 1. The molecule has 1 N–H and O–H groups in total. The summed E-state index contributed by atoms with van der Waals surface area (Å²) in [5, 5.41) is 7.10. The molecule has 0 aliphatic rings. The number of hydrogen-bond acceptors (Lipinski definition) is 8. The second-order valence-corrected chi connectivity index (χ2v) is 10.5. The van der Waals surface area contributed by atoms with Gasteiger partial charge in [-0.25, -0.2) is 10.4 Å². The van der Waals surface area contributed by atoms with Crippen LogP contribution in [0.3, 0.4) is 0 Å². The molecule has 0 aliphatic carbocycles. The summed E-state index contributed by atoms with van der Waals surface area (Å²) in [6.45, 7) is 2.71. The number of carbonyl (C=O) groups is 1. The van der Waals surface area contributed by atoms with Crippen LogP contribution in [0.2, 0.25) is 0 Å². The van der Waals surface area contributed by atoms with Crippen molar-refractivity contribution in [2.75, 3.05) is 14.2 Å². The summed E-state index contributed by atoms with van der Waals surface area (Å²) in [6.07, 6.45) is 1.55. The molecule has 43 heavy (non-hydrogen) atoms. The van der Waals surface area contributed by atoms with Crippen molar-refractivity contribution in [1.29, 1.82) is 0 Å². The van der Waals surface area contributed by atoms with Crippen molar-refractivity contribution in [3.63, 3.8) is 0 Å². The highest BCUT2D eigenvalue weighted by molar-refractivity contribution is 7.09. The van der Waals surface area contributed by atoms with Crippen LogP contribution in [0.4, 0.5) is 0 Å². The SMILES string of the molecule is COc1cc(/C=N/NC(=O)c2ccc(-c3csc(C)n3)cc2)ccc1OCc1ccc(OCc2ccccc2)c(OC)c1. The van der Waals surface area contributed by atoms with E-state index in [1.165, 1.54) is 0 Å². The van der Waals surface area contributed by atoms with E-state index in [1.807, 2.05) is 79.0 Å². The molecule has 0 aliphatic heterocycles. The van der Waals surface area contributed by atoms with Crippen molar-refractivity contribution in [3.8, 4) is 34.3 Å². The lowest BCUT2D eigenvalue weighted by molar-refractivity contribution is 0.0955. The van der Waals surface area contributed by atoms with Gasteiger partial charge >= 0.3 is 0 Å². The second kappa shape index (κ2) is 14.2. The Bertz CT molecular complexity index is 1700. The first-order chi connectivity index (χ1) is 21.0. The first kappa shape index (κ1) is 29.3. The third-order valence-corrected chi connectivity index (χ3v) is 7.26. The maximum Gasteiger partial charge on any atom is 0.271 e. The fourth-order valence-electron chi connectivity index (χ4n) is 4.22. The Labute approximate surface area is 254 Å². The quantitative estimate of drug-likeness (QED) is 0.123. The van der Waals surface area contributed by atoms with Gasteiger partial charge in [-0.15, -0.1) is 11.3 Å². The zero-order valence-electron chi connectivity index (χ0n) is 24.1. The number of methoxy groups -OCH3 is 2. The highest BCUT2D eigenvalue weighted by Gasteiger charge is 2.10. The first-order valence-electron chi connectivity index (χ1n) is 13.5. The number of rotatable bonds is 12. The Morgan fingerprint density at radius 3 is 2.16 bits per heavy atom. The van der Waals surface area contributed by atoms with Crippen LogP contribution in [-0.4, -0.2) is 31.3 Å². The second-order valence-electron chi connectivity index (χ2n) is 9.49. The molecular weight excluding hydrogens is 562 g/mol. The Hall–Kier alpha value is -5.15. The van der Waals surface area contributed by atoms with E-state index < -0.39 is 0 Å². The smallest absolute Gasteiger partial charge is 0.271 e. The molecule has 0 bridgehead atoms. The normalized spacial score (nSPS) is 10.9. The number of hydrazone groups is 1. The molecule has 1 heterocycles. The molecule has 0 unspecified atom stereocenters. The molecule has 1 aromatic heterocycles. The minimum absolute atomic E-state index is 0.302. The maximum absolute atomic E-state index is 12.6. The standard InChI is InChI=1S/C34H31N3O5S/c1-23-36-29(22-43-23)27-11-13-28(14-12-27)34(38)37-35-19-25-9-15-30(32(17-25)39-2)42-21-26-10-16-31(33(18-26)40-3)41-20-24-7-5-4-6-8-24/h4-19,22H,20-21H2,1-3H3,(H,37,38)/b35-19+. The molecule has 4 aromatic carbocycles. The zero-order chi connectivity index (χ0) is 30.0. The Balaban J connectivity index is 1.16. The number of aromatic nitrogens is 1. The number of amides is 1. The summed E-state index contributed by atoms with van der Waals surface area (Å²) < 4.78 is 23.1. The van der Waals surface area contributed by atoms with Crippen LogP contribution in [0.25, 0.3) is 11.3 Å². The van der Waals surface area contributed by atoms with Gasteiger partial charge in [0.2, 0.25) is 0 Å². The van der Waals surface area contributed by atoms with Crippen molar-refractivity contribution in [3.05, 3.63) is 124 Å². The van der Waals surface area contributed by atoms with E-state index in [4.69, 9.17) is 18.9 Å². The van der Waals surface area contributed by atoms with Crippen molar-refractivity contribution < 1.29 is 23.7 Å². The lowest BCUT2D eigenvalue weighted by atomic mass is 10.1. The van der Waals surface area contributed by atoms with Crippen LogP contribution < -0.4 is 24.4 Å². The largest absolute Gasteiger partial charge is 0.493 e. The van der Waals surface area contributed by atoms with Crippen LogP contribution in [0.1, 0.15) is 32.1 Å². The molecule has 1 amide bonds. The highest BCUT2D eigenvalue weighted by atomic mass is 32.1. The molecular formula is C34H31N3O5S. The monoisotopic (exact) mass is 593 g/mol. The van der Waals surface area contributed by atoms with Crippen LogP contribution in [-0.2, 0) is 13.2 Å². The van der Waals surface area contributed by atoms with Crippen molar-refractivity contribution in [2.24, 2.45) is 5.10 Å². The molecule has 5 rings (SSSR count). The van der Waals surface area contributed by atoms with Crippen LogP contribution in [0, 0.1) is 6.92 Å². The lowest BCUT2D eigenvalue weighted by Gasteiger charge is -2.14. The van der Waals surface area contributed by atoms with Gasteiger partial charge in [0.1, 0.15) is 13.2 Å². The fourth-order valence-corrected chi connectivity index (χ4v) is 4.84. The molecule has 218 valence electrons. The summed E-state index contributed by atoms with van der Waals surface area (Å²) in [5.41, 5.74) is 7.65. The maximum atomic E-state index is 12.6. The van der Waals surface area contributed by atoms with Gasteiger partial charge in [0, 0.05) is 16.5 Å². The molecule has 0 spiro atoms. The van der Waals surface area contributed by atoms with Gasteiger partial charge in [-0.2, -0.15) is 5.10 Å². The number of aryl methyl sites for hydroxylation is 1. The predicted molar refractivity (Wildman–Crippen MR) is 168 cm³/mol. The topological polar surface area (TPSA) is 91.3 Å². The lowest BCUT2D eigenvalue weighted by Crippen LogP contribution is -2.17. The molecule has 5 aromatic rings. The molecule has 0 radical (unpaired) electrons. The molecule has 8 nitrogen and oxygen atoms in total. The highest BCUT2D eigenvalue weighted by Crippen LogP contribution is 2.31. The van der Waals surface area contributed by atoms with E-state index in [9.17, 15) is 4.79 Å². The molecule has 0 atom stereocenters. The number of benzene rings is 4. The fraction of sp³-hybridized carbons (Fsp3) is 0.147. The van der Waals surface area contributed by atoms with Gasteiger partial charge in [0.25, 0.3) is 5.91 Å². The predicted octanol–water partition coefficient (Wildman–Crippen LogP) is 7.06. The van der Waals surface area contributed by atoms with E-state index >= 15 is 0 Å². The number of ether oxygens (including phenoxy) is 4. The number of nitrogens with one attached hydrogen (secondary N) is 1. The number of thiazole rings is 1. The third kappa shape index (κ3) is 7.78. The van der Waals surface area contributed by atoms with Crippen LogP contribution in [0.15, 0.2) is 101 Å². The molecule has 0 fully saturated rings. The third-order valence-electron chi connectivity index (χ3n) is 6.49. The average molecular weight is 594 g/mol. The average Bonchev–Trinajstić information content (AvgIpc) is 3.49. The van der Waals surface area contributed by atoms with Gasteiger partial charge in [-0.05, 0) is 66.1 Å². The van der Waals surface area contributed by atoms with Gasteiger partial charge in [0.15, 0.2) is 23.0 Å². The molecule has 0 saturated heterocycles. The van der Waals surface area contributed by atoms with Gasteiger partial charge in [-0.1, -0.05) is 48.5 Å². The minimum atomic E-state index is -0.309. The number of hydrogen-bond donors (Lipinski definition) is 1. The van der Waals surface area contributed by atoms with E-state index in [-0.39, 0.29) is 5.91 Å². The van der Waals surface area contributed by atoms with Gasteiger partial charge in [-0.3, -0.25) is 4.79 Å². The first-order valence-corrected chi connectivity index (χ1v) is 14.4. The van der Waals surface area contributed by atoms with Gasteiger partial charge in [0.05, 0.1) is 31.1 Å². The summed E-state index contributed by atoms with van der Waals surface area (Å²) in [7, 11) is 3.19. The van der Waals surface area contributed by atoms with Gasteiger partial charge < -0.3 is 18.9 Å². The van der Waals surface area contributed by atoms with E-state index in [1.54, 1.807) is 56.0 Å². The van der Waals surface area contributed by atoms with Crippen LogP contribution >= 0.6 is 11.3 Å². The number of nitrogens with zero attached hydrogens (tertiary/aromatic N) is 2. The summed E-state index contributed by atoms with van der Waals surface area (Å²) in [5.74, 6) is 2.09. The van der Waals surface area contributed by atoms with Crippen molar-refractivity contribution >= 4 is 23.5 Å². The van der Waals surface area contributed by atoms with Crippen molar-refractivity contribution in [2.45, 2.75) is 20.1 Å². The zero-order valence-corrected chi connectivity index (χ0v) is 24.9. The summed E-state index contributed by atoms with van der Waals surface area (Å²) in [4.78, 5) is 17.0. The Morgan fingerprint density at radius 1 is 0.814 bits per heavy atom. The van der Waals surface area contributed by atoms with E-state index in [0.29, 0.717) is 41.8 Å². The van der Waals surface area contributed by atoms with Crippen molar-refractivity contribution in [1.82, 2.24) is 10.4 Å². The molecule has 0 saturated carbocycles. The van der Waals surface area contributed by atoms with Crippen LogP contribution in [0.5, 0.6) is 23.0 Å². The minimum Gasteiger partial charge on any atom is -0.493 e. The Morgan fingerprint density at radius 2 is 1.49 bits per heavy atom.